The van der Waals surface area contributed by atoms with Crippen LogP contribution in [0.3, 0.4) is 0 Å². The van der Waals surface area contributed by atoms with Gasteiger partial charge in [-0.3, -0.25) is 0 Å². The van der Waals surface area contributed by atoms with E-state index in [1.165, 1.54) is 0 Å². The van der Waals surface area contributed by atoms with Crippen LogP contribution in [0.5, 0.6) is 0 Å². The van der Waals surface area contributed by atoms with E-state index in [0.717, 1.165) is 6.54 Å². The van der Waals surface area contributed by atoms with E-state index in [4.69, 9.17) is 5.26 Å². The first kappa shape index (κ1) is 11.4. The molecule has 4 heteroatoms. The third-order valence-electron chi connectivity index (χ3n) is 1.32. The molecule has 0 aromatic carbocycles. The van der Waals surface area contributed by atoms with Crippen molar-refractivity contribution in [3.8, 4) is 16.8 Å². The molecule has 0 fully saturated rings. The molecule has 0 aliphatic rings. The number of hydrogen-bond donors (Lipinski definition) is 1. The van der Waals surface area contributed by atoms with Crippen LogP contribution in [0, 0.1) is 22.1 Å². The van der Waals surface area contributed by atoms with E-state index in [2.05, 4.69) is 38.2 Å². The Balaban J connectivity index is 3.69. The fourth-order valence-electron chi connectivity index (χ4n) is 0.698. The predicted octanol–water partition coefficient (Wildman–Crippen LogP) is 0.837. The Labute approximate surface area is 82.0 Å². The lowest BCUT2D eigenvalue weighted by atomic mass is 10.5. The van der Waals surface area contributed by atoms with Gasteiger partial charge in [-0.2, -0.15) is 10.7 Å². The van der Waals surface area contributed by atoms with Gasteiger partial charge >= 0.3 is 0 Å². The average Bonchev–Trinajstić information content (AvgIpc) is 2.01. The maximum absolute atomic E-state index is 8.31. The van der Waals surface area contributed by atoms with Crippen molar-refractivity contribution >= 4 is 15.9 Å². The van der Waals surface area contributed by atoms with Gasteiger partial charge in [0.1, 0.15) is 0 Å². The smallest absolute Gasteiger partial charge is 0.158 e. The van der Waals surface area contributed by atoms with Gasteiger partial charge in [-0.25, -0.2) is 4.59 Å². The number of rotatable bonds is 4. The van der Waals surface area contributed by atoms with Crippen LogP contribution in [0.2, 0.25) is 0 Å². The minimum atomic E-state index is 0.531. The van der Waals surface area contributed by atoms with Crippen molar-refractivity contribution in [1.29, 1.82) is 5.26 Å². The number of halogens is 1. The number of nitrogens with one attached hydrogen (secondary N) is 1. The molecular formula is C8H13BrN3+. The van der Waals surface area contributed by atoms with Gasteiger partial charge in [0.2, 0.25) is 0 Å². The molecule has 0 bridgehead atoms. The van der Waals surface area contributed by atoms with Gasteiger partial charge in [0.15, 0.2) is 6.54 Å². The second kappa shape index (κ2) is 6.02. The van der Waals surface area contributed by atoms with Gasteiger partial charge in [0, 0.05) is 15.9 Å². The summed E-state index contributed by atoms with van der Waals surface area (Å²) in [5, 5.41) is 8.31. The zero-order chi connectivity index (χ0) is 9.45. The van der Waals surface area contributed by atoms with Crippen LogP contribution in [-0.2, 0) is 0 Å². The lowest BCUT2D eigenvalue weighted by Crippen LogP contribution is -2.52. The van der Waals surface area contributed by atoms with E-state index in [0.29, 0.717) is 17.6 Å². The topological polar surface area (TPSA) is 35.8 Å². The Morgan fingerprint density at radius 1 is 1.50 bits per heavy atom. The van der Waals surface area contributed by atoms with Crippen molar-refractivity contribution in [2.75, 3.05) is 27.2 Å². The average molecular weight is 231 g/mol. The molecule has 0 aromatic heterocycles. The Morgan fingerprint density at radius 3 is 2.67 bits per heavy atom. The number of quaternary nitrogens is 1. The summed E-state index contributed by atoms with van der Waals surface area (Å²) in [4.78, 5) is 2.66. The first-order chi connectivity index (χ1) is 5.62. The quantitative estimate of drug-likeness (QED) is 0.337. The maximum Gasteiger partial charge on any atom is 0.158 e. The van der Waals surface area contributed by atoms with Gasteiger partial charge in [-0.05, 0) is 10.8 Å². The molecule has 0 aromatic rings. The van der Waals surface area contributed by atoms with Crippen LogP contribution in [0.4, 0.5) is 0 Å². The standard InChI is InChI=1S/C8H13BrN3/c1-12(2,8-3-5-9)11-7-4-6-10/h11H,4,7-8H2,1-2H3/q+1. The van der Waals surface area contributed by atoms with E-state index < -0.39 is 0 Å². The SMILES string of the molecule is C[N+](C)(CC#CBr)NCCC#N. The van der Waals surface area contributed by atoms with E-state index in [-0.39, 0.29) is 0 Å². The molecule has 0 amide bonds. The normalized spacial score (nSPS) is 9.83. The zero-order valence-corrected chi connectivity index (χ0v) is 8.98. The molecule has 0 heterocycles. The molecule has 0 radical (unpaired) electrons. The van der Waals surface area contributed by atoms with Crippen molar-refractivity contribution in [3.05, 3.63) is 0 Å². The van der Waals surface area contributed by atoms with Crippen LogP contribution in [-0.4, -0.2) is 31.8 Å². The van der Waals surface area contributed by atoms with E-state index >= 15 is 0 Å². The van der Waals surface area contributed by atoms with Crippen molar-refractivity contribution in [3.63, 3.8) is 0 Å². The van der Waals surface area contributed by atoms with Crippen LogP contribution >= 0.6 is 15.9 Å². The maximum atomic E-state index is 8.31. The van der Waals surface area contributed by atoms with Crippen molar-refractivity contribution in [2.45, 2.75) is 6.42 Å². The number of hydrogen-bond acceptors (Lipinski definition) is 2. The first-order valence-corrected chi connectivity index (χ1v) is 4.45. The van der Waals surface area contributed by atoms with Crippen LogP contribution < -0.4 is 5.43 Å². The zero-order valence-electron chi connectivity index (χ0n) is 7.39. The molecule has 0 atom stereocenters. The van der Waals surface area contributed by atoms with E-state index in [1.54, 1.807) is 0 Å². The minimum Gasteiger partial charge on any atom is -0.241 e. The van der Waals surface area contributed by atoms with Crippen LogP contribution in [0.25, 0.3) is 0 Å². The van der Waals surface area contributed by atoms with Gasteiger partial charge in [0.25, 0.3) is 0 Å². The highest BCUT2D eigenvalue weighted by molar-refractivity contribution is 9.12. The second-order valence-corrected chi connectivity index (χ2v) is 3.33. The highest BCUT2D eigenvalue weighted by Gasteiger charge is 2.11. The minimum absolute atomic E-state index is 0.531. The highest BCUT2D eigenvalue weighted by atomic mass is 79.9. The van der Waals surface area contributed by atoms with Crippen molar-refractivity contribution < 1.29 is 4.59 Å². The molecule has 0 aliphatic heterocycles. The summed E-state index contributed by atoms with van der Waals surface area (Å²) >= 11 is 3.03. The first-order valence-electron chi connectivity index (χ1n) is 3.66. The molecule has 0 rings (SSSR count). The molecule has 12 heavy (non-hydrogen) atoms. The van der Waals surface area contributed by atoms with Gasteiger partial charge in [0.05, 0.1) is 33.1 Å². The highest BCUT2D eigenvalue weighted by Crippen LogP contribution is 1.89. The Bertz CT molecular complexity index is 219. The second-order valence-electron chi connectivity index (χ2n) is 2.93. The Hall–Kier alpha value is -0.550. The fraction of sp³-hybridized carbons (Fsp3) is 0.625. The summed E-state index contributed by atoms with van der Waals surface area (Å²) in [5.74, 6) is 2.91. The summed E-state index contributed by atoms with van der Waals surface area (Å²) in [7, 11) is 4.02. The van der Waals surface area contributed by atoms with Gasteiger partial charge in [-0.15, -0.1) is 0 Å². The van der Waals surface area contributed by atoms with Crippen molar-refractivity contribution in [1.82, 2.24) is 5.43 Å². The summed E-state index contributed by atoms with van der Waals surface area (Å²) in [6.45, 7) is 1.42. The molecule has 0 saturated heterocycles. The Morgan fingerprint density at radius 2 is 2.17 bits per heavy atom. The van der Waals surface area contributed by atoms with Crippen LogP contribution in [0.15, 0.2) is 0 Å². The van der Waals surface area contributed by atoms with Crippen molar-refractivity contribution in [2.24, 2.45) is 0 Å². The predicted molar refractivity (Wildman–Crippen MR) is 51.9 cm³/mol. The summed E-state index contributed by atoms with van der Waals surface area (Å²) in [6.07, 6.45) is 0.531. The van der Waals surface area contributed by atoms with Gasteiger partial charge < -0.3 is 0 Å². The summed E-state index contributed by atoms with van der Waals surface area (Å²) in [5.41, 5.74) is 3.19. The van der Waals surface area contributed by atoms with E-state index in [1.807, 2.05) is 14.1 Å². The third-order valence-corrected chi connectivity index (χ3v) is 1.60. The van der Waals surface area contributed by atoms with E-state index in [9.17, 15) is 0 Å². The summed E-state index contributed by atoms with van der Waals surface area (Å²) in [6, 6.07) is 2.08. The molecule has 1 N–H and O–H groups in total. The van der Waals surface area contributed by atoms with Crippen LogP contribution in [0.1, 0.15) is 6.42 Å². The fourth-order valence-corrected chi connectivity index (χ4v) is 0.823. The largest absolute Gasteiger partial charge is 0.241 e. The lowest BCUT2D eigenvalue weighted by Gasteiger charge is -2.26. The molecule has 0 aliphatic carbocycles. The molecule has 0 unspecified atom stereocenters. The monoisotopic (exact) mass is 230 g/mol. The molecule has 0 spiro atoms. The molecule has 3 nitrogen and oxygen atoms in total. The molecule has 0 saturated carbocycles. The third kappa shape index (κ3) is 6.18. The molecule has 66 valence electrons. The lowest BCUT2D eigenvalue weighted by molar-refractivity contribution is -0.927. The Kier molecular flexibility index (Phi) is 5.74. The number of nitrogens with zero attached hydrogens (tertiary/aromatic N) is 2. The molecular weight excluding hydrogens is 218 g/mol. The summed E-state index contributed by atoms with van der Waals surface area (Å²) < 4.78 is 0.611. The number of nitriles is 1. The van der Waals surface area contributed by atoms with Gasteiger partial charge in [-0.1, -0.05) is 0 Å².